The number of likely N-dealkylation sites (tertiary alicyclic amines) is 1. The van der Waals surface area contributed by atoms with Crippen LogP contribution >= 0.6 is 0 Å². The monoisotopic (exact) mass is 162 g/mol. The van der Waals surface area contributed by atoms with Crippen molar-refractivity contribution < 1.29 is 0 Å². The summed E-state index contributed by atoms with van der Waals surface area (Å²) in [4.78, 5) is 6.51. The Kier molecular flexibility index (Phi) is 1.85. The zero-order valence-corrected chi connectivity index (χ0v) is 7.57. The Morgan fingerprint density at radius 1 is 1.58 bits per heavy atom. The number of pyridine rings is 1. The largest absolute Gasteiger partial charge is 0.297 e. The van der Waals surface area contributed by atoms with Crippen LogP contribution in [0.1, 0.15) is 24.9 Å². The van der Waals surface area contributed by atoms with Crippen LogP contribution in [0, 0.1) is 0 Å². The Bertz CT molecular complexity index is 258. The molecular weight excluding hydrogens is 148 g/mol. The summed E-state index contributed by atoms with van der Waals surface area (Å²) in [5.41, 5.74) is 1.35. The third-order valence-electron chi connectivity index (χ3n) is 2.82. The minimum atomic E-state index is 0.605. The van der Waals surface area contributed by atoms with Crippen molar-refractivity contribution in [2.75, 3.05) is 7.05 Å². The van der Waals surface area contributed by atoms with Crippen molar-refractivity contribution in [2.45, 2.75) is 25.4 Å². The van der Waals surface area contributed by atoms with E-state index in [0.717, 1.165) is 6.04 Å². The number of rotatable bonds is 1. The van der Waals surface area contributed by atoms with Gasteiger partial charge in [-0.25, -0.2) is 0 Å². The van der Waals surface area contributed by atoms with Gasteiger partial charge in [0.15, 0.2) is 0 Å². The van der Waals surface area contributed by atoms with Gasteiger partial charge in [-0.2, -0.15) is 0 Å². The molecule has 1 aromatic heterocycles. The van der Waals surface area contributed by atoms with E-state index in [9.17, 15) is 0 Å². The van der Waals surface area contributed by atoms with Crippen molar-refractivity contribution in [3.8, 4) is 0 Å². The molecule has 2 rings (SSSR count). The quantitative estimate of drug-likeness (QED) is 0.626. The molecule has 0 aromatic carbocycles. The molecule has 0 aliphatic carbocycles. The lowest BCUT2D eigenvalue weighted by atomic mass is 9.90. The van der Waals surface area contributed by atoms with Gasteiger partial charge in [0.1, 0.15) is 0 Å². The van der Waals surface area contributed by atoms with Crippen molar-refractivity contribution >= 4 is 0 Å². The molecule has 0 amide bonds. The number of aromatic nitrogens is 1. The molecule has 1 saturated heterocycles. The Morgan fingerprint density at radius 2 is 2.42 bits per heavy atom. The molecule has 0 unspecified atom stereocenters. The van der Waals surface area contributed by atoms with E-state index in [1.165, 1.54) is 12.0 Å². The van der Waals surface area contributed by atoms with E-state index in [-0.39, 0.29) is 0 Å². The number of nitrogens with zero attached hydrogens (tertiary/aromatic N) is 2. The summed E-state index contributed by atoms with van der Waals surface area (Å²) in [5.74, 6) is 0. The lowest BCUT2D eigenvalue weighted by molar-refractivity contribution is 0.0557. The molecule has 2 heteroatoms. The molecule has 0 radical (unpaired) electrons. The summed E-state index contributed by atoms with van der Waals surface area (Å²) in [7, 11) is 2.17. The maximum atomic E-state index is 4.12. The predicted molar refractivity (Wildman–Crippen MR) is 48.8 cm³/mol. The van der Waals surface area contributed by atoms with E-state index in [1.807, 2.05) is 18.5 Å². The molecule has 0 bridgehead atoms. The molecule has 1 aromatic rings. The van der Waals surface area contributed by atoms with Crippen LogP contribution in [0.15, 0.2) is 24.5 Å². The van der Waals surface area contributed by atoms with E-state index in [4.69, 9.17) is 0 Å². The lowest BCUT2D eigenvalue weighted by Gasteiger charge is -2.44. The Hall–Kier alpha value is -0.890. The molecule has 2 heterocycles. The fraction of sp³-hybridized carbons (Fsp3) is 0.500. The van der Waals surface area contributed by atoms with Crippen molar-refractivity contribution in [2.24, 2.45) is 0 Å². The summed E-state index contributed by atoms with van der Waals surface area (Å²) in [5, 5.41) is 0. The van der Waals surface area contributed by atoms with Gasteiger partial charge in [-0.15, -0.1) is 0 Å². The second-order valence-corrected chi connectivity index (χ2v) is 3.55. The first kappa shape index (κ1) is 7.74. The minimum Gasteiger partial charge on any atom is -0.297 e. The maximum absolute atomic E-state index is 4.12. The highest BCUT2D eigenvalue weighted by atomic mass is 15.2. The van der Waals surface area contributed by atoms with Crippen LogP contribution in [0.25, 0.3) is 0 Å². The van der Waals surface area contributed by atoms with Crippen molar-refractivity contribution in [1.82, 2.24) is 9.88 Å². The second kappa shape index (κ2) is 2.87. The molecular formula is C10H14N2. The summed E-state index contributed by atoms with van der Waals surface area (Å²) in [6.07, 6.45) is 5.06. The molecule has 2 atom stereocenters. The Labute approximate surface area is 73.2 Å². The topological polar surface area (TPSA) is 16.1 Å². The predicted octanol–water partition coefficient (Wildman–Crippen LogP) is 1.85. The maximum Gasteiger partial charge on any atom is 0.0377 e. The van der Waals surface area contributed by atoms with Gasteiger partial charge in [-0.3, -0.25) is 9.88 Å². The first-order valence-corrected chi connectivity index (χ1v) is 4.41. The first-order chi connectivity index (χ1) is 5.79. The second-order valence-electron chi connectivity index (χ2n) is 3.55. The molecule has 0 N–H and O–H groups in total. The fourth-order valence-corrected chi connectivity index (χ4v) is 1.77. The van der Waals surface area contributed by atoms with Gasteiger partial charge < -0.3 is 0 Å². The van der Waals surface area contributed by atoms with Crippen LogP contribution in [0.5, 0.6) is 0 Å². The average molecular weight is 162 g/mol. The average Bonchev–Trinajstić information content (AvgIpc) is 2.15. The molecule has 1 aliphatic heterocycles. The van der Waals surface area contributed by atoms with Crippen LogP contribution < -0.4 is 0 Å². The van der Waals surface area contributed by atoms with Crippen molar-refractivity contribution in [1.29, 1.82) is 0 Å². The molecule has 1 aliphatic rings. The SMILES string of the molecule is C[C@@H]1C[C@@H](c2cccnc2)N1C. The van der Waals surface area contributed by atoms with E-state index < -0.39 is 0 Å². The number of hydrogen-bond acceptors (Lipinski definition) is 2. The van der Waals surface area contributed by atoms with E-state index in [1.54, 1.807) is 0 Å². The highest BCUT2D eigenvalue weighted by Gasteiger charge is 2.32. The van der Waals surface area contributed by atoms with Gasteiger partial charge in [0.25, 0.3) is 0 Å². The van der Waals surface area contributed by atoms with Crippen LogP contribution in [0.4, 0.5) is 0 Å². The molecule has 64 valence electrons. The van der Waals surface area contributed by atoms with Crippen LogP contribution in [0.3, 0.4) is 0 Å². The Morgan fingerprint density at radius 3 is 2.92 bits per heavy atom. The first-order valence-electron chi connectivity index (χ1n) is 4.41. The highest BCUT2D eigenvalue weighted by molar-refractivity contribution is 5.17. The third-order valence-corrected chi connectivity index (χ3v) is 2.82. The summed E-state index contributed by atoms with van der Waals surface area (Å²) in [6, 6.07) is 5.50. The van der Waals surface area contributed by atoms with Gasteiger partial charge in [-0.05, 0) is 32.0 Å². The van der Waals surface area contributed by atoms with Gasteiger partial charge >= 0.3 is 0 Å². The summed E-state index contributed by atoms with van der Waals surface area (Å²) in [6.45, 7) is 2.26. The van der Waals surface area contributed by atoms with E-state index in [0.29, 0.717) is 6.04 Å². The normalized spacial score (nSPS) is 29.8. The molecule has 1 fully saturated rings. The van der Waals surface area contributed by atoms with Crippen LogP contribution in [-0.2, 0) is 0 Å². The summed E-state index contributed by atoms with van der Waals surface area (Å²) >= 11 is 0. The molecule has 12 heavy (non-hydrogen) atoms. The van der Waals surface area contributed by atoms with Crippen molar-refractivity contribution in [3.05, 3.63) is 30.1 Å². The van der Waals surface area contributed by atoms with Crippen LogP contribution in [-0.4, -0.2) is 23.0 Å². The van der Waals surface area contributed by atoms with E-state index >= 15 is 0 Å². The van der Waals surface area contributed by atoms with Gasteiger partial charge in [0.05, 0.1) is 0 Å². The zero-order valence-electron chi connectivity index (χ0n) is 7.57. The van der Waals surface area contributed by atoms with Crippen LogP contribution in [0.2, 0.25) is 0 Å². The highest BCUT2D eigenvalue weighted by Crippen LogP contribution is 2.35. The standard InChI is InChI=1S/C10H14N2/c1-8-6-10(12(8)2)9-4-3-5-11-7-9/h3-5,7-8,10H,6H2,1-2H3/t8-,10+/m1/s1. The van der Waals surface area contributed by atoms with Gasteiger partial charge in [-0.1, -0.05) is 6.07 Å². The fourth-order valence-electron chi connectivity index (χ4n) is 1.77. The lowest BCUT2D eigenvalue weighted by Crippen LogP contribution is -2.45. The zero-order chi connectivity index (χ0) is 8.55. The van der Waals surface area contributed by atoms with Gasteiger partial charge in [0.2, 0.25) is 0 Å². The van der Waals surface area contributed by atoms with E-state index in [2.05, 4.69) is 29.9 Å². The molecule has 2 nitrogen and oxygen atoms in total. The van der Waals surface area contributed by atoms with Crippen molar-refractivity contribution in [3.63, 3.8) is 0 Å². The smallest absolute Gasteiger partial charge is 0.0377 e. The number of hydrogen-bond donors (Lipinski definition) is 0. The minimum absolute atomic E-state index is 0.605. The summed E-state index contributed by atoms with van der Waals surface area (Å²) < 4.78 is 0. The van der Waals surface area contributed by atoms with Gasteiger partial charge in [0, 0.05) is 24.5 Å². The molecule has 0 saturated carbocycles. The molecule has 0 spiro atoms. The Balaban J connectivity index is 2.13. The third kappa shape index (κ3) is 1.12.